The Balaban J connectivity index is 3.13. The maximum atomic E-state index is 12.3. The van der Waals surface area contributed by atoms with E-state index in [2.05, 4.69) is 12.5 Å². The van der Waals surface area contributed by atoms with Gasteiger partial charge in [-0.1, -0.05) is 36.4 Å². The third-order valence-corrected chi connectivity index (χ3v) is 4.20. The van der Waals surface area contributed by atoms with Crippen molar-refractivity contribution in [3.63, 3.8) is 0 Å². The van der Waals surface area contributed by atoms with Gasteiger partial charge in [-0.3, -0.25) is 4.79 Å². The quantitative estimate of drug-likeness (QED) is 0.307. The topological polar surface area (TPSA) is 26.3 Å². The monoisotopic (exact) mass is 328 g/mol. The van der Waals surface area contributed by atoms with Crippen LogP contribution in [0.2, 0.25) is 0 Å². The predicted molar refractivity (Wildman–Crippen MR) is 99.9 cm³/mol. The minimum Gasteiger partial charge on any atom is -0.429 e. The van der Waals surface area contributed by atoms with Gasteiger partial charge in [-0.25, -0.2) is 0 Å². The molecule has 0 saturated carbocycles. The van der Waals surface area contributed by atoms with Crippen LogP contribution >= 0.6 is 11.8 Å². The van der Waals surface area contributed by atoms with Gasteiger partial charge in [0.2, 0.25) is 0 Å². The summed E-state index contributed by atoms with van der Waals surface area (Å²) in [6, 6.07) is 9.78. The summed E-state index contributed by atoms with van der Waals surface area (Å²) in [5.74, 6) is 3.74. The highest BCUT2D eigenvalue weighted by Crippen LogP contribution is 2.28. The summed E-state index contributed by atoms with van der Waals surface area (Å²) in [5, 5.41) is -0.0792. The van der Waals surface area contributed by atoms with Crippen molar-refractivity contribution in [2.24, 2.45) is 5.41 Å². The Hall–Kier alpha value is -1.92. The normalized spacial score (nSPS) is 13.0. The van der Waals surface area contributed by atoms with Gasteiger partial charge in [-0.05, 0) is 32.4 Å². The van der Waals surface area contributed by atoms with Gasteiger partial charge in [0.15, 0.2) is 0 Å². The SMILES string of the molecule is C#CCC(SCC=C)/C(=C/c1ccccc1)OC(=O)C(C)(C)C. The van der Waals surface area contributed by atoms with Gasteiger partial charge in [0.05, 0.1) is 10.7 Å². The highest BCUT2D eigenvalue weighted by molar-refractivity contribution is 8.00. The number of hydrogen-bond donors (Lipinski definition) is 0. The Labute approximate surface area is 144 Å². The second-order valence-electron chi connectivity index (χ2n) is 6.12. The standard InChI is InChI=1S/C20H24O2S/c1-6-11-18(23-14-7-2)17(22-19(21)20(3,4)5)15-16-12-9-8-10-13-16/h1,7-10,12-13,15,18H,2,11,14H2,3-5H3/b17-15-. The van der Waals surface area contributed by atoms with Crippen molar-refractivity contribution in [2.75, 3.05) is 5.75 Å². The fourth-order valence-corrected chi connectivity index (χ4v) is 2.56. The van der Waals surface area contributed by atoms with Crippen LogP contribution in [-0.2, 0) is 9.53 Å². The van der Waals surface area contributed by atoms with Crippen LogP contribution in [0.5, 0.6) is 0 Å². The lowest BCUT2D eigenvalue weighted by Gasteiger charge is -2.22. The van der Waals surface area contributed by atoms with Crippen LogP contribution in [0.1, 0.15) is 32.8 Å². The van der Waals surface area contributed by atoms with E-state index in [1.165, 1.54) is 0 Å². The zero-order valence-electron chi connectivity index (χ0n) is 14.0. The lowest BCUT2D eigenvalue weighted by Crippen LogP contribution is -2.25. The number of carbonyl (C=O) groups excluding carboxylic acids is 1. The van der Waals surface area contributed by atoms with Crippen LogP contribution in [0.3, 0.4) is 0 Å². The average Bonchev–Trinajstić information content (AvgIpc) is 2.51. The summed E-state index contributed by atoms with van der Waals surface area (Å²) >= 11 is 1.62. The number of rotatable bonds is 7. The fourth-order valence-electron chi connectivity index (χ4n) is 1.69. The molecule has 0 fully saturated rings. The number of ether oxygens (including phenoxy) is 1. The van der Waals surface area contributed by atoms with Crippen molar-refractivity contribution in [3.05, 3.63) is 54.3 Å². The summed E-state index contributed by atoms with van der Waals surface area (Å²) < 4.78 is 5.70. The van der Waals surface area contributed by atoms with Gasteiger partial charge in [0.25, 0.3) is 0 Å². The molecule has 0 saturated heterocycles. The first kappa shape index (κ1) is 19.1. The van der Waals surface area contributed by atoms with Gasteiger partial charge in [-0.15, -0.1) is 30.7 Å². The Morgan fingerprint density at radius 1 is 1.39 bits per heavy atom. The summed E-state index contributed by atoms with van der Waals surface area (Å²) in [5.41, 5.74) is 0.407. The molecule has 0 amide bonds. The van der Waals surface area contributed by atoms with E-state index < -0.39 is 5.41 Å². The lowest BCUT2D eigenvalue weighted by atomic mass is 9.97. The molecule has 0 spiro atoms. The molecule has 0 N–H and O–H groups in total. The highest BCUT2D eigenvalue weighted by Gasteiger charge is 2.27. The molecular formula is C20H24O2S. The highest BCUT2D eigenvalue weighted by atomic mass is 32.2. The van der Waals surface area contributed by atoms with E-state index in [0.29, 0.717) is 12.2 Å². The van der Waals surface area contributed by atoms with E-state index in [-0.39, 0.29) is 11.2 Å². The molecular weight excluding hydrogens is 304 g/mol. The summed E-state index contributed by atoms with van der Waals surface area (Å²) in [7, 11) is 0. The fraction of sp³-hybridized carbons (Fsp3) is 0.350. The van der Waals surface area contributed by atoms with Crippen LogP contribution in [0.25, 0.3) is 6.08 Å². The van der Waals surface area contributed by atoms with Crippen molar-refractivity contribution in [2.45, 2.75) is 32.4 Å². The van der Waals surface area contributed by atoms with E-state index in [0.717, 1.165) is 11.3 Å². The van der Waals surface area contributed by atoms with Crippen LogP contribution in [0, 0.1) is 17.8 Å². The number of thioether (sulfide) groups is 1. The molecule has 1 aromatic rings. The Morgan fingerprint density at radius 3 is 2.57 bits per heavy atom. The summed E-state index contributed by atoms with van der Waals surface area (Å²) in [6.07, 6.45) is 9.70. The van der Waals surface area contributed by atoms with Gasteiger partial charge >= 0.3 is 5.97 Å². The minimum absolute atomic E-state index is 0.0792. The van der Waals surface area contributed by atoms with Gasteiger partial charge in [-0.2, -0.15) is 0 Å². The van der Waals surface area contributed by atoms with Crippen LogP contribution in [0.4, 0.5) is 0 Å². The molecule has 3 heteroatoms. The van der Waals surface area contributed by atoms with E-state index in [9.17, 15) is 4.79 Å². The molecule has 2 nitrogen and oxygen atoms in total. The van der Waals surface area contributed by atoms with Crippen molar-refractivity contribution < 1.29 is 9.53 Å². The van der Waals surface area contributed by atoms with E-state index in [1.54, 1.807) is 11.8 Å². The second kappa shape index (κ2) is 9.27. The van der Waals surface area contributed by atoms with Gasteiger partial charge < -0.3 is 4.74 Å². The Kier molecular flexibility index (Phi) is 7.71. The molecule has 0 bridgehead atoms. The van der Waals surface area contributed by atoms with Crippen LogP contribution in [0.15, 0.2) is 48.7 Å². The number of benzene rings is 1. The van der Waals surface area contributed by atoms with Crippen molar-refractivity contribution in [1.29, 1.82) is 0 Å². The maximum Gasteiger partial charge on any atom is 0.316 e. The van der Waals surface area contributed by atoms with E-state index >= 15 is 0 Å². The number of hydrogen-bond acceptors (Lipinski definition) is 3. The third kappa shape index (κ3) is 6.80. The van der Waals surface area contributed by atoms with Crippen LogP contribution in [-0.4, -0.2) is 17.0 Å². The van der Waals surface area contributed by atoms with Crippen molar-refractivity contribution >= 4 is 23.8 Å². The number of terminal acetylenes is 1. The summed E-state index contributed by atoms with van der Waals surface area (Å²) in [6.45, 7) is 9.24. The molecule has 0 aromatic heterocycles. The maximum absolute atomic E-state index is 12.3. The molecule has 0 aliphatic heterocycles. The molecule has 0 aliphatic carbocycles. The molecule has 0 aliphatic rings. The molecule has 1 atom stereocenters. The molecule has 0 heterocycles. The van der Waals surface area contributed by atoms with E-state index in [1.807, 2.05) is 63.3 Å². The smallest absolute Gasteiger partial charge is 0.316 e. The minimum atomic E-state index is -0.570. The molecule has 122 valence electrons. The van der Waals surface area contributed by atoms with Gasteiger partial charge in [0.1, 0.15) is 5.76 Å². The Morgan fingerprint density at radius 2 is 2.04 bits per heavy atom. The largest absolute Gasteiger partial charge is 0.429 e. The molecule has 1 rings (SSSR count). The summed E-state index contributed by atoms with van der Waals surface area (Å²) in [4.78, 5) is 12.3. The molecule has 0 radical (unpaired) electrons. The molecule has 23 heavy (non-hydrogen) atoms. The lowest BCUT2D eigenvalue weighted by molar-refractivity contribution is -0.148. The first-order valence-electron chi connectivity index (χ1n) is 7.53. The van der Waals surface area contributed by atoms with Gasteiger partial charge in [0, 0.05) is 12.2 Å². The van der Waals surface area contributed by atoms with Crippen molar-refractivity contribution in [3.8, 4) is 12.3 Å². The first-order valence-corrected chi connectivity index (χ1v) is 8.58. The van der Waals surface area contributed by atoms with Crippen LogP contribution < -0.4 is 0 Å². The molecule has 1 aromatic carbocycles. The predicted octanol–water partition coefficient (Wildman–Crippen LogP) is 4.93. The zero-order valence-corrected chi connectivity index (χ0v) is 14.9. The third-order valence-electron chi connectivity index (χ3n) is 2.97. The number of esters is 1. The van der Waals surface area contributed by atoms with Crippen molar-refractivity contribution in [1.82, 2.24) is 0 Å². The Bertz CT molecular complexity index is 588. The number of carbonyl (C=O) groups is 1. The molecule has 1 unspecified atom stereocenters. The van der Waals surface area contributed by atoms with E-state index in [4.69, 9.17) is 11.2 Å². The average molecular weight is 328 g/mol. The first-order chi connectivity index (χ1) is 10.9. The second-order valence-corrected chi connectivity index (χ2v) is 7.35. The zero-order chi connectivity index (χ0) is 17.3.